The molecule has 4 rings (SSSR count). The van der Waals surface area contributed by atoms with Crippen LogP contribution in [-0.2, 0) is 13.2 Å². The molecule has 0 aliphatic rings. The van der Waals surface area contributed by atoms with Crippen molar-refractivity contribution >= 4 is 32.4 Å². The summed E-state index contributed by atoms with van der Waals surface area (Å²) >= 11 is 1.39. The van der Waals surface area contributed by atoms with Gasteiger partial charge in [0.25, 0.3) is 5.69 Å². The molecule has 0 aliphatic heterocycles. The molecule has 2 aromatic heterocycles. The van der Waals surface area contributed by atoms with Gasteiger partial charge >= 0.3 is 0 Å². The lowest BCUT2D eigenvalue weighted by molar-refractivity contribution is -0.384. The van der Waals surface area contributed by atoms with E-state index in [4.69, 9.17) is 4.74 Å². The lowest BCUT2D eigenvalue weighted by Crippen LogP contribution is -2.01. The average Bonchev–Trinajstić information content (AvgIpc) is 3.14. The molecule has 140 valence electrons. The Kier molecular flexibility index (Phi) is 5.11. The molecule has 0 bridgehead atoms. The quantitative estimate of drug-likeness (QED) is 0.359. The Hall–Kier alpha value is -3.52. The van der Waals surface area contributed by atoms with Crippen LogP contribution in [0.4, 0.5) is 10.8 Å². The van der Waals surface area contributed by atoms with E-state index in [0.29, 0.717) is 13.2 Å². The van der Waals surface area contributed by atoms with Crippen LogP contribution < -0.4 is 10.1 Å². The van der Waals surface area contributed by atoms with E-state index in [1.165, 1.54) is 17.4 Å². The number of rotatable bonds is 7. The number of thiazole rings is 1. The Morgan fingerprint density at radius 2 is 2.04 bits per heavy atom. The molecular formula is C20H16N4O3S. The molecule has 1 N–H and O–H groups in total. The number of ether oxygens (including phenoxy) is 1. The van der Waals surface area contributed by atoms with E-state index in [1.54, 1.807) is 18.3 Å². The second-order valence-electron chi connectivity index (χ2n) is 6.04. The zero-order valence-corrected chi connectivity index (χ0v) is 15.6. The van der Waals surface area contributed by atoms with E-state index < -0.39 is 4.92 Å². The van der Waals surface area contributed by atoms with Gasteiger partial charge in [0.15, 0.2) is 5.13 Å². The van der Waals surface area contributed by atoms with Crippen LogP contribution in [0.15, 0.2) is 66.9 Å². The summed E-state index contributed by atoms with van der Waals surface area (Å²) in [5.41, 5.74) is 2.73. The van der Waals surface area contributed by atoms with Gasteiger partial charge in [0.05, 0.1) is 20.8 Å². The molecule has 2 heterocycles. The number of nitro benzene ring substituents is 1. The summed E-state index contributed by atoms with van der Waals surface area (Å²) in [6, 6.07) is 18.2. The first-order valence-electron chi connectivity index (χ1n) is 8.58. The van der Waals surface area contributed by atoms with Crippen molar-refractivity contribution in [1.82, 2.24) is 9.97 Å². The highest BCUT2D eigenvalue weighted by atomic mass is 32.1. The maximum atomic E-state index is 10.9. The molecule has 0 atom stereocenters. The largest absolute Gasteiger partial charge is 0.487 e. The zero-order chi connectivity index (χ0) is 19.3. The van der Waals surface area contributed by atoms with E-state index in [2.05, 4.69) is 15.3 Å². The molecule has 0 unspecified atom stereocenters. The van der Waals surface area contributed by atoms with Gasteiger partial charge in [0.1, 0.15) is 12.4 Å². The number of aromatic nitrogens is 2. The standard InChI is InChI=1S/C20H16N4O3S/c25-24(26)16-7-8-18-19(11-16)28-20(23-18)22-12-14-4-3-6-17(10-14)27-13-15-5-1-2-9-21-15/h1-11H,12-13H2,(H,22,23). The van der Waals surface area contributed by atoms with Crippen LogP contribution in [0.1, 0.15) is 11.3 Å². The fourth-order valence-corrected chi connectivity index (χ4v) is 3.56. The van der Waals surface area contributed by atoms with Gasteiger partial charge < -0.3 is 10.1 Å². The molecule has 28 heavy (non-hydrogen) atoms. The fraction of sp³-hybridized carbons (Fsp3) is 0.100. The number of hydrogen-bond donors (Lipinski definition) is 1. The van der Waals surface area contributed by atoms with Crippen molar-refractivity contribution in [2.45, 2.75) is 13.2 Å². The van der Waals surface area contributed by atoms with Gasteiger partial charge in [-0.3, -0.25) is 15.1 Å². The number of pyridine rings is 1. The van der Waals surface area contributed by atoms with Gasteiger partial charge in [-0.1, -0.05) is 29.5 Å². The van der Waals surface area contributed by atoms with Crippen LogP contribution in [0.2, 0.25) is 0 Å². The van der Waals surface area contributed by atoms with E-state index in [1.807, 2.05) is 42.5 Å². The number of non-ortho nitro benzene ring substituents is 1. The van der Waals surface area contributed by atoms with Crippen molar-refractivity contribution in [3.63, 3.8) is 0 Å². The molecule has 0 saturated carbocycles. The van der Waals surface area contributed by atoms with Gasteiger partial charge in [0, 0.05) is 24.9 Å². The molecule has 0 radical (unpaired) electrons. The van der Waals surface area contributed by atoms with Crippen LogP contribution in [0.3, 0.4) is 0 Å². The minimum Gasteiger partial charge on any atom is -0.487 e. The van der Waals surface area contributed by atoms with Crippen molar-refractivity contribution in [3.05, 3.63) is 88.2 Å². The smallest absolute Gasteiger partial charge is 0.270 e. The van der Waals surface area contributed by atoms with E-state index in [9.17, 15) is 10.1 Å². The number of nitro groups is 1. The minimum absolute atomic E-state index is 0.0699. The predicted molar refractivity (Wildman–Crippen MR) is 109 cm³/mol. The first kappa shape index (κ1) is 17.9. The molecule has 0 saturated heterocycles. The Labute approximate surface area is 164 Å². The Morgan fingerprint density at radius 3 is 2.86 bits per heavy atom. The van der Waals surface area contributed by atoms with E-state index in [0.717, 1.165) is 32.4 Å². The van der Waals surface area contributed by atoms with Crippen LogP contribution in [0.5, 0.6) is 5.75 Å². The molecule has 0 amide bonds. The molecule has 8 heteroatoms. The number of anilines is 1. The summed E-state index contributed by atoms with van der Waals surface area (Å²) in [4.78, 5) is 19.2. The maximum absolute atomic E-state index is 10.9. The second-order valence-corrected chi connectivity index (χ2v) is 7.07. The third-order valence-electron chi connectivity index (χ3n) is 4.04. The molecule has 0 aliphatic carbocycles. The van der Waals surface area contributed by atoms with Gasteiger partial charge in [-0.05, 0) is 35.9 Å². The third kappa shape index (κ3) is 4.24. The first-order valence-corrected chi connectivity index (χ1v) is 9.39. The summed E-state index contributed by atoms with van der Waals surface area (Å²) in [6.07, 6.45) is 1.74. The molecule has 4 aromatic rings. The van der Waals surface area contributed by atoms with Crippen molar-refractivity contribution in [1.29, 1.82) is 0 Å². The van der Waals surface area contributed by atoms with Gasteiger partial charge in [-0.2, -0.15) is 0 Å². The van der Waals surface area contributed by atoms with Gasteiger partial charge in [-0.15, -0.1) is 0 Å². The highest BCUT2D eigenvalue weighted by Crippen LogP contribution is 2.29. The molecular weight excluding hydrogens is 376 g/mol. The Bertz CT molecular complexity index is 1110. The van der Waals surface area contributed by atoms with Crippen molar-refractivity contribution in [3.8, 4) is 5.75 Å². The van der Waals surface area contributed by atoms with Crippen LogP contribution in [0, 0.1) is 10.1 Å². The summed E-state index contributed by atoms with van der Waals surface area (Å²) in [5, 5.41) is 14.9. The zero-order valence-electron chi connectivity index (χ0n) is 14.7. The summed E-state index contributed by atoms with van der Waals surface area (Å²) in [6.45, 7) is 0.983. The van der Waals surface area contributed by atoms with Gasteiger partial charge in [0.2, 0.25) is 0 Å². The summed E-state index contributed by atoms with van der Waals surface area (Å²) in [7, 11) is 0. The number of fused-ring (bicyclic) bond motifs is 1. The summed E-state index contributed by atoms with van der Waals surface area (Å²) in [5.74, 6) is 0.768. The van der Waals surface area contributed by atoms with Crippen molar-refractivity contribution in [2.75, 3.05) is 5.32 Å². The Balaban J connectivity index is 1.40. The highest BCUT2D eigenvalue weighted by molar-refractivity contribution is 7.22. The lowest BCUT2D eigenvalue weighted by atomic mass is 10.2. The minimum atomic E-state index is -0.400. The first-order chi connectivity index (χ1) is 13.7. The number of benzene rings is 2. The number of nitrogens with zero attached hydrogens (tertiary/aromatic N) is 3. The summed E-state index contributed by atoms with van der Waals surface area (Å²) < 4.78 is 6.58. The number of hydrogen-bond acceptors (Lipinski definition) is 7. The fourth-order valence-electron chi connectivity index (χ4n) is 2.67. The highest BCUT2D eigenvalue weighted by Gasteiger charge is 2.10. The average molecular weight is 392 g/mol. The predicted octanol–water partition coefficient (Wildman–Crippen LogP) is 4.79. The molecule has 0 fully saturated rings. The second kappa shape index (κ2) is 8.01. The van der Waals surface area contributed by atoms with Crippen LogP contribution >= 0.6 is 11.3 Å². The monoisotopic (exact) mass is 392 g/mol. The SMILES string of the molecule is O=[N+]([O-])c1ccc2nc(NCc3cccc(OCc4ccccn4)c3)sc2c1. The lowest BCUT2D eigenvalue weighted by Gasteiger charge is -2.08. The van der Waals surface area contributed by atoms with Crippen molar-refractivity contribution in [2.24, 2.45) is 0 Å². The Morgan fingerprint density at radius 1 is 1.11 bits per heavy atom. The number of nitrogens with one attached hydrogen (secondary N) is 1. The molecule has 7 nitrogen and oxygen atoms in total. The topological polar surface area (TPSA) is 90.2 Å². The van der Waals surface area contributed by atoms with Crippen LogP contribution in [0.25, 0.3) is 10.2 Å². The van der Waals surface area contributed by atoms with Gasteiger partial charge in [-0.25, -0.2) is 4.98 Å². The third-order valence-corrected chi connectivity index (χ3v) is 5.01. The van der Waals surface area contributed by atoms with Crippen LogP contribution in [-0.4, -0.2) is 14.9 Å². The normalized spacial score (nSPS) is 10.7. The van der Waals surface area contributed by atoms with E-state index >= 15 is 0 Å². The molecule has 0 spiro atoms. The van der Waals surface area contributed by atoms with E-state index in [-0.39, 0.29) is 5.69 Å². The van der Waals surface area contributed by atoms with Crippen molar-refractivity contribution < 1.29 is 9.66 Å². The molecule has 2 aromatic carbocycles. The maximum Gasteiger partial charge on any atom is 0.270 e.